The Balaban J connectivity index is 1.87. The number of benzene rings is 1. The molecule has 3 rings (SSSR count). The van der Waals surface area contributed by atoms with E-state index in [0.717, 1.165) is 11.3 Å². The number of imide groups is 1. The highest BCUT2D eigenvalue weighted by Gasteiger charge is 2.50. The molecule has 0 aliphatic carbocycles. The summed E-state index contributed by atoms with van der Waals surface area (Å²) in [6, 6.07) is 8.67. The molecule has 3 amide bonds. The number of methoxy groups -OCH3 is 1. The minimum Gasteiger partial charge on any atom is -0.497 e. The fourth-order valence-electron chi connectivity index (χ4n) is 3.06. The first-order valence-corrected chi connectivity index (χ1v) is 7.69. The molecular formula is C18H20N2O4. The number of amides is 3. The molecule has 1 atom stereocenters. The van der Waals surface area contributed by atoms with E-state index in [1.165, 1.54) is 4.90 Å². The maximum Gasteiger partial charge on any atom is 0.325 e. The molecule has 6 heteroatoms. The van der Waals surface area contributed by atoms with Crippen LogP contribution in [0, 0.1) is 13.8 Å². The fraction of sp³-hybridized carbons (Fsp3) is 0.333. The summed E-state index contributed by atoms with van der Waals surface area (Å²) in [5.41, 5.74) is 0.435. The summed E-state index contributed by atoms with van der Waals surface area (Å²) in [5, 5.41) is 2.80. The lowest BCUT2D eigenvalue weighted by Gasteiger charge is -2.21. The van der Waals surface area contributed by atoms with Crippen LogP contribution < -0.4 is 10.1 Å². The Labute approximate surface area is 140 Å². The zero-order chi connectivity index (χ0) is 17.5. The summed E-state index contributed by atoms with van der Waals surface area (Å²) in [7, 11) is 1.59. The molecule has 1 saturated heterocycles. The number of carbonyl (C=O) groups is 2. The van der Waals surface area contributed by atoms with Crippen molar-refractivity contribution in [2.45, 2.75) is 32.9 Å². The highest BCUT2D eigenvalue weighted by Crippen LogP contribution is 2.33. The van der Waals surface area contributed by atoms with E-state index >= 15 is 0 Å². The van der Waals surface area contributed by atoms with E-state index in [2.05, 4.69) is 5.32 Å². The van der Waals surface area contributed by atoms with E-state index in [1.54, 1.807) is 39.2 Å². The molecule has 0 spiro atoms. The maximum absolute atomic E-state index is 12.9. The third-order valence-corrected chi connectivity index (χ3v) is 4.35. The van der Waals surface area contributed by atoms with Crippen LogP contribution in [0.3, 0.4) is 0 Å². The molecule has 1 aliphatic heterocycles. The molecule has 0 saturated carbocycles. The maximum atomic E-state index is 12.9. The van der Waals surface area contributed by atoms with Crippen molar-refractivity contribution in [2.24, 2.45) is 0 Å². The number of hydrogen-bond acceptors (Lipinski definition) is 4. The highest BCUT2D eigenvalue weighted by molar-refractivity contribution is 6.07. The van der Waals surface area contributed by atoms with Crippen LogP contribution >= 0.6 is 0 Å². The topological polar surface area (TPSA) is 71.8 Å². The molecule has 0 unspecified atom stereocenters. The molecule has 1 N–H and O–H groups in total. The van der Waals surface area contributed by atoms with E-state index in [0.29, 0.717) is 17.1 Å². The predicted octanol–water partition coefficient (Wildman–Crippen LogP) is 2.87. The number of urea groups is 1. The first kappa shape index (κ1) is 16.1. The lowest BCUT2D eigenvalue weighted by Crippen LogP contribution is -2.41. The van der Waals surface area contributed by atoms with Crippen LogP contribution in [0.4, 0.5) is 4.79 Å². The van der Waals surface area contributed by atoms with Crippen LogP contribution in [0.5, 0.6) is 5.75 Å². The van der Waals surface area contributed by atoms with Gasteiger partial charge < -0.3 is 14.5 Å². The molecule has 1 fully saturated rings. The lowest BCUT2D eigenvalue weighted by atomic mass is 9.92. The van der Waals surface area contributed by atoms with Gasteiger partial charge in [0.25, 0.3) is 5.91 Å². The molecule has 2 aromatic rings. The quantitative estimate of drug-likeness (QED) is 0.876. The van der Waals surface area contributed by atoms with Gasteiger partial charge >= 0.3 is 6.03 Å². The van der Waals surface area contributed by atoms with Gasteiger partial charge in [-0.3, -0.25) is 9.69 Å². The van der Waals surface area contributed by atoms with Crippen molar-refractivity contribution in [3.8, 4) is 5.75 Å². The molecule has 1 aliphatic rings. The Morgan fingerprint density at radius 3 is 2.42 bits per heavy atom. The second kappa shape index (κ2) is 5.70. The van der Waals surface area contributed by atoms with Crippen molar-refractivity contribution < 1.29 is 18.7 Å². The zero-order valence-electron chi connectivity index (χ0n) is 14.2. The Bertz CT molecular complexity index is 794. The van der Waals surface area contributed by atoms with Crippen LogP contribution in [0.25, 0.3) is 0 Å². The summed E-state index contributed by atoms with van der Waals surface area (Å²) in [6.07, 6.45) is 0. The minimum absolute atomic E-state index is 0.208. The standard InChI is InChI=1S/C18H20N2O4/c1-11-9-15(12(2)24-11)18(3)16(21)20(17(22)19-18)10-13-5-7-14(23-4)8-6-13/h5-9H,10H2,1-4H3,(H,19,22)/t18-/m0/s1. The number of nitrogens with zero attached hydrogens (tertiary/aromatic N) is 1. The molecule has 1 aromatic heterocycles. The summed E-state index contributed by atoms with van der Waals surface area (Å²) in [5.74, 6) is 1.78. The van der Waals surface area contributed by atoms with Crippen molar-refractivity contribution in [3.05, 3.63) is 53.0 Å². The van der Waals surface area contributed by atoms with Gasteiger partial charge in [0.2, 0.25) is 0 Å². The van der Waals surface area contributed by atoms with E-state index in [-0.39, 0.29) is 12.5 Å². The van der Waals surface area contributed by atoms with Crippen LogP contribution in [0.15, 0.2) is 34.7 Å². The van der Waals surface area contributed by atoms with Gasteiger partial charge in [-0.25, -0.2) is 4.79 Å². The summed E-state index contributed by atoms with van der Waals surface area (Å²) < 4.78 is 10.6. The minimum atomic E-state index is -1.11. The summed E-state index contributed by atoms with van der Waals surface area (Å²) >= 11 is 0. The average Bonchev–Trinajstić information content (AvgIpc) is 3.00. The van der Waals surface area contributed by atoms with Crippen molar-refractivity contribution in [1.82, 2.24) is 10.2 Å². The second-order valence-corrected chi connectivity index (χ2v) is 6.12. The van der Waals surface area contributed by atoms with Crippen molar-refractivity contribution in [1.29, 1.82) is 0 Å². The van der Waals surface area contributed by atoms with Gasteiger partial charge in [-0.1, -0.05) is 12.1 Å². The molecular weight excluding hydrogens is 308 g/mol. The van der Waals surface area contributed by atoms with Crippen LogP contribution in [0.1, 0.15) is 29.6 Å². The first-order chi connectivity index (χ1) is 11.3. The molecule has 24 heavy (non-hydrogen) atoms. The summed E-state index contributed by atoms with van der Waals surface area (Å²) in [6.45, 7) is 5.52. The summed E-state index contributed by atoms with van der Waals surface area (Å²) in [4.78, 5) is 26.5. The molecule has 126 valence electrons. The average molecular weight is 328 g/mol. The first-order valence-electron chi connectivity index (χ1n) is 7.69. The van der Waals surface area contributed by atoms with E-state index in [1.807, 2.05) is 19.1 Å². The molecule has 6 nitrogen and oxygen atoms in total. The SMILES string of the molecule is COc1ccc(CN2C(=O)N[C@@](C)(c3cc(C)oc3C)C2=O)cc1. The number of nitrogens with one attached hydrogen (secondary N) is 1. The number of aryl methyl sites for hydroxylation is 2. The molecule has 0 bridgehead atoms. The third-order valence-electron chi connectivity index (χ3n) is 4.35. The second-order valence-electron chi connectivity index (χ2n) is 6.12. The van der Waals surface area contributed by atoms with Gasteiger partial charge in [-0.05, 0) is 44.5 Å². The molecule has 1 aromatic carbocycles. The third kappa shape index (κ3) is 2.54. The predicted molar refractivity (Wildman–Crippen MR) is 87.6 cm³/mol. The van der Waals surface area contributed by atoms with Crippen LogP contribution in [-0.2, 0) is 16.9 Å². The lowest BCUT2D eigenvalue weighted by molar-refractivity contribution is -0.131. The smallest absolute Gasteiger partial charge is 0.325 e. The number of ether oxygens (including phenoxy) is 1. The van der Waals surface area contributed by atoms with Gasteiger partial charge in [0.1, 0.15) is 22.8 Å². The molecule has 0 radical (unpaired) electrons. The monoisotopic (exact) mass is 328 g/mol. The van der Waals surface area contributed by atoms with Gasteiger partial charge in [-0.15, -0.1) is 0 Å². The normalized spacial score (nSPS) is 20.4. The largest absolute Gasteiger partial charge is 0.497 e. The van der Waals surface area contributed by atoms with Crippen LogP contribution in [-0.4, -0.2) is 23.9 Å². The number of furan rings is 1. The Hall–Kier alpha value is -2.76. The number of rotatable bonds is 4. The van der Waals surface area contributed by atoms with Crippen LogP contribution in [0.2, 0.25) is 0 Å². The van der Waals surface area contributed by atoms with Gasteiger partial charge in [0.15, 0.2) is 0 Å². The fourth-order valence-corrected chi connectivity index (χ4v) is 3.06. The Kier molecular flexibility index (Phi) is 3.83. The van der Waals surface area contributed by atoms with Crippen molar-refractivity contribution >= 4 is 11.9 Å². The van der Waals surface area contributed by atoms with Crippen molar-refractivity contribution in [2.75, 3.05) is 7.11 Å². The zero-order valence-corrected chi connectivity index (χ0v) is 14.2. The van der Waals surface area contributed by atoms with E-state index in [9.17, 15) is 9.59 Å². The Morgan fingerprint density at radius 1 is 1.21 bits per heavy atom. The highest BCUT2D eigenvalue weighted by atomic mass is 16.5. The number of hydrogen-bond donors (Lipinski definition) is 1. The van der Waals surface area contributed by atoms with Gasteiger partial charge in [0, 0.05) is 5.56 Å². The molecule has 2 heterocycles. The van der Waals surface area contributed by atoms with Gasteiger partial charge in [0.05, 0.1) is 13.7 Å². The van der Waals surface area contributed by atoms with E-state index in [4.69, 9.17) is 9.15 Å². The number of carbonyl (C=O) groups excluding carboxylic acids is 2. The van der Waals surface area contributed by atoms with Crippen molar-refractivity contribution in [3.63, 3.8) is 0 Å². The van der Waals surface area contributed by atoms with Gasteiger partial charge in [-0.2, -0.15) is 0 Å². The Morgan fingerprint density at radius 2 is 1.88 bits per heavy atom. The van der Waals surface area contributed by atoms with E-state index < -0.39 is 11.6 Å².